The van der Waals surface area contributed by atoms with E-state index in [0.29, 0.717) is 36.1 Å². The van der Waals surface area contributed by atoms with Crippen LogP contribution in [0.4, 0.5) is 39.5 Å². The number of rotatable bonds is 20. The van der Waals surface area contributed by atoms with Crippen molar-refractivity contribution in [2.45, 2.75) is 190 Å². The first-order chi connectivity index (χ1) is 23.5. The van der Waals surface area contributed by atoms with Crippen molar-refractivity contribution in [1.29, 1.82) is 0 Å². The van der Waals surface area contributed by atoms with Crippen molar-refractivity contribution in [2.24, 2.45) is 11.8 Å². The molecule has 0 aromatic rings. The van der Waals surface area contributed by atoms with Gasteiger partial charge in [0.2, 0.25) is 0 Å². The molecule has 4 rings (SSSR count). The monoisotopic (exact) mass is 850 g/mol. The molecule has 8 unspecified atom stereocenters. The van der Waals surface area contributed by atoms with Gasteiger partial charge in [-0.3, -0.25) is 0 Å². The number of fused-ring (bicyclic) bond motifs is 2. The zero-order valence-electron chi connectivity index (χ0n) is 31.6. The van der Waals surface area contributed by atoms with Gasteiger partial charge >= 0.3 is 44.2 Å². The highest BCUT2D eigenvalue weighted by atomic mass is 28.5. The highest BCUT2D eigenvalue weighted by Gasteiger charge is 2.54. The van der Waals surface area contributed by atoms with Crippen molar-refractivity contribution >= 4 is 42.3 Å². The van der Waals surface area contributed by atoms with Crippen LogP contribution in [0.2, 0.25) is 76.0 Å². The number of halogens is 9. The molecule has 2 saturated heterocycles. The van der Waals surface area contributed by atoms with E-state index in [-0.39, 0.29) is 12.2 Å². The molecule has 0 spiro atoms. The molecule has 2 saturated carbocycles. The molecule has 2 aliphatic carbocycles. The van der Waals surface area contributed by atoms with Crippen molar-refractivity contribution in [3.8, 4) is 0 Å². The van der Waals surface area contributed by atoms with Crippen molar-refractivity contribution in [1.82, 2.24) is 0 Å². The number of hydrogen-bond donors (Lipinski definition) is 0. The molecular weight excluding hydrogens is 792 g/mol. The van der Waals surface area contributed by atoms with Crippen molar-refractivity contribution in [3.63, 3.8) is 0 Å². The lowest BCUT2D eigenvalue weighted by Crippen LogP contribution is -2.62. The summed E-state index contributed by atoms with van der Waals surface area (Å²) in [6, 6.07) is -0.610. The molecule has 8 atom stereocenters. The zero-order valence-corrected chi connectivity index (χ0v) is 36.6. The fraction of sp³-hybridized carbons (Fsp3) is 1.00. The Bertz CT molecular complexity index is 1100. The summed E-state index contributed by atoms with van der Waals surface area (Å²) in [4.78, 5) is 0. The maximum Gasteiger partial charge on any atom is 0.389 e. The second-order valence-electron chi connectivity index (χ2n) is 17.5. The summed E-state index contributed by atoms with van der Waals surface area (Å²) in [7, 11) is -17.6. The minimum atomic E-state index is -4.66. The molecule has 20 heteroatoms. The Kier molecular flexibility index (Phi) is 14.3. The maximum absolute atomic E-state index is 13.8. The quantitative estimate of drug-likeness (QED) is 0.0691. The third-order valence-corrected chi connectivity index (χ3v) is 32.2. The molecule has 52 heavy (non-hydrogen) atoms. The van der Waals surface area contributed by atoms with E-state index in [1.807, 2.05) is 26.2 Å². The SMILES string of the molecule is C[Si](C)(CCC1CCC2OC2C1)O[Si](C)(CCC(F)(F)F)O[Si](C)(CCC(F)(F)F)O[Si](C)(CCC(F)(F)F)O[Si](C)(C)CCC1CCC2OC2C1. The molecule has 4 fully saturated rings. The highest BCUT2D eigenvalue weighted by molar-refractivity contribution is 6.91. The lowest BCUT2D eigenvalue weighted by Gasteiger charge is -2.46. The fourth-order valence-electron chi connectivity index (χ4n) is 8.26. The minimum absolute atomic E-state index is 0.259. The minimum Gasteiger partial charge on any atom is -0.436 e. The second kappa shape index (κ2) is 16.6. The standard InChI is InChI=1S/C32H59F9O6Si5/c1-48(2,17-12-24-8-10-26-28(22-24)42-26)44-50(5,19-14-30(33,34)35)46-52(7,21-16-32(39,40)41)47-51(6,20-15-31(36,37)38)45-49(3,4)18-13-25-9-11-27-29(23-25)43-27/h24-29H,8-23H2,1-7H3. The van der Waals surface area contributed by atoms with Gasteiger partial charge in [-0.25, -0.2) is 0 Å². The van der Waals surface area contributed by atoms with Gasteiger partial charge in [0.05, 0.1) is 24.4 Å². The van der Waals surface area contributed by atoms with Gasteiger partial charge in [-0.15, -0.1) is 0 Å². The van der Waals surface area contributed by atoms with Crippen LogP contribution in [-0.2, 0) is 25.9 Å². The molecule has 0 aromatic heterocycles. The summed E-state index contributed by atoms with van der Waals surface area (Å²) < 4.78 is 161. The molecule has 0 N–H and O–H groups in total. The normalized spacial score (nSPS) is 30.5. The van der Waals surface area contributed by atoms with E-state index in [2.05, 4.69) is 0 Å². The molecule has 306 valence electrons. The summed E-state index contributed by atoms with van der Waals surface area (Å²) in [5, 5.41) is 0. The molecule has 4 aliphatic rings. The predicted octanol–water partition coefficient (Wildman–Crippen LogP) is 11.5. The zero-order chi connectivity index (χ0) is 39.0. The molecular formula is C32H59F9O6Si5. The van der Waals surface area contributed by atoms with Crippen LogP contribution >= 0.6 is 0 Å². The van der Waals surface area contributed by atoms with Gasteiger partial charge in [0.25, 0.3) is 0 Å². The van der Waals surface area contributed by atoms with Crippen LogP contribution in [0.3, 0.4) is 0 Å². The summed E-state index contributed by atoms with van der Waals surface area (Å²) in [6.07, 6.45) is -9.23. The Morgan fingerprint density at radius 2 is 0.750 bits per heavy atom. The lowest BCUT2D eigenvalue weighted by atomic mass is 9.88. The molecule has 0 bridgehead atoms. The molecule has 6 nitrogen and oxygen atoms in total. The predicted molar refractivity (Wildman–Crippen MR) is 191 cm³/mol. The summed E-state index contributed by atoms with van der Waals surface area (Å²) >= 11 is 0. The van der Waals surface area contributed by atoms with Gasteiger partial charge in [-0.05, 0) is 126 Å². The third kappa shape index (κ3) is 16.0. The largest absolute Gasteiger partial charge is 0.436 e. The Balaban J connectivity index is 1.55. The van der Waals surface area contributed by atoms with E-state index >= 15 is 0 Å². The average molecular weight is 851 g/mol. The van der Waals surface area contributed by atoms with Crippen LogP contribution < -0.4 is 0 Å². The summed E-state index contributed by atoms with van der Waals surface area (Å²) in [5.74, 6) is 0.778. The first-order valence-electron chi connectivity index (χ1n) is 18.9. The number of alkyl halides is 9. The van der Waals surface area contributed by atoms with Crippen molar-refractivity contribution in [3.05, 3.63) is 0 Å². The lowest BCUT2D eigenvalue weighted by molar-refractivity contribution is -0.132. The topological polar surface area (TPSA) is 62.0 Å². The average Bonchev–Trinajstić information content (AvgIpc) is 3.89. The van der Waals surface area contributed by atoms with Crippen molar-refractivity contribution in [2.75, 3.05) is 0 Å². The number of epoxide rings is 2. The van der Waals surface area contributed by atoms with Crippen LogP contribution in [0, 0.1) is 11.8 Å². The van der Waals surface area contributed by atoms with Gasteiger partial charge in [-0.1, -0.05) is 12.8 Å². The van der Waals surface area contributed by atoms with E-state index in [9.17, 15) is 39.5 Å². The van der Waals surface area contributed by atoms with Crippen LogP contribution in [0.25, 0.3) is 0 Å². The van der Waals surface area contributed by atoms with Gasteiger partial charge in [-0.2, -0.15) is 39.5 Å². The molecule has 0 amide bonds. The highest BCUT2D eigenvalue weighted by Crippen LogP contribution is 2.44. The van der Waals surface area contributed by atoms with E-state index in [1.54, 1.807) is 0 Å². The van der Waals surface area contributed by atoms with Gasteiger partial charge < -0.3 is 25.9 Å². The Hall–Kier alpha value is 0.214. The smallest absolute Gasteiger partial charge is 0.389 e. The molecule has 2 aliphatic heterocycles. The van der Waals surface area contributed by atoms with Crippen LogP contribution in [0.15, 0.2) is 0 Å². The van der Waals surface area contributed by atoms with E-state index in [1.165, 1.54) is 19.6 Å². The Morgan fingerprint density at radius 3 is 1.04 bits per heavy atom. The Labute approximate surface area is 308 Å². The van der Waals surface area contributed by atoms with Gasteiger partial charge in [0.1, 0.15) is 0 Å². The summed E-state index contributed by atoms with van der Waals surface area (Å²) in [5.41, 5.74) is 0. The van der Waals surface area contributed by atoms with E-state index in [0.717, 1.165) is 51.4 Å². The fourth-order valence-corrected chi connectivity index (χ4v) is 34.2. The van der Waals surface area contributed by atoms with Crippen LogP contribution in [0.5, 0.6) is 0 Å². The van der Waals surface area contributed by atoms with Gasteiger partial charge in [0, 0.05) is 19.3 Å². The van der Waals surface area contributed by atoms with Crippen LogP contribution in [0.1, 0.15) is 70.6 Å². The molecule has 0 radical (unpaired) electrons. The first kappa shape index (κ1) is 44.9. The Morgan fingerprint density at radius 1 is 0.442 bits per heavy atom. The third-order valence-electron chi connectivity index (χ3n) is 11.0. The second-order valence-corrected chi connectivity index (χ2v) is 37.1. The molecule has 2 heterocycles. The van der Waals surface area contributed by atoms with E-state index in [4.69, 9.17) is 25.9 Å². The maximum atomic E-state index is 13.8. The number of ether oxygens (including phenoxy) is 2. The molecule has 0 aromatic carbocycles. The van der Waals surface area contributed by atoms with Crippen molar-refractivity contribution < 1.29 is 65.4 Å². The first-order valence-corrected chi connectivity index (χ1v) is 32.7. The van der Waals surface area contributed by atoms with Gasteiger partial charge in [0.15, 0.2) is 16.6 Å². The van der Waals surface area contributed by atoms with E-state index < -0.39 is 98.2 Å². The van der Waals surface area contributed by atoms with Crippen LogP contribution in [-0.4, -0.2) is 85.3 Å². The number of hydrogen-bond acceptors (Lipinski definition) is 6. The summed E-state index contributed by atoms with van der Waals surface area (Å²) in [6.45, 7) is 11.8.